The first-order valence-electron chi connectivity index (χ1n) is 6.81. The summed E-state index contributed by atoms with van der Waals surface area (Å²) in [6.45, 7) is 8.84. The van der Waals surface area contributed by atoms with E-state index in [0.717, 1.165) is 16.9 Å². The molecule has 1 aromatic carbocycles. The molecule has 6 nitrogen and oxygen atoms in total. The topological polar surface area (TPSA) is 73.0 Å². The molecule has 0 aliphatic heterocycles. The van der Waals surface area contributed by atoms with Gasteiger partial charge in [-0.2, -0.15) is 5.10 Å². The summed E-state index contributed by atoms with van der Waals surface area (Å²) in [4.78, 5) is 10.5. The number of hydrogen-bond donors (Lipinski definition) is 1. The lowest BCUT2D eigenvalue weighted by atomic mass is 10.1. The standard InChI is InChI=1S/C15H20N4O2/c1-11-5-6-13(19(20)21)9-14(11)18-8-7-12(17-18)10-16-15(2,3)4/h5-9,16H,10H2,1-4H3. The zero-order valence-electron chi connectivity index (χ0n) is 12.8. The fourth-order valence-corrected chi connectivity index (χ4v) is 1.90. The van der Waals surface area contributed by atoms with Crippen molar-refractivity contribution in [2.45, 2.75) is 39.8 Å². The SMILES string of the molecule is Cc1ccc([N+](=O)[O-])cc1-n1ccc(CNC(C)(C)C)n1. The number of benzene rings is 1. The quantitative estimate of drug-likeness (QED) is 0.693. The Bertz CT molecular complexity index is 656. The molecule has 0 spiro atoms. The summed E-state index contributed by atoms with van der Waals surface area (Å²) in [5.74, 6) is 0. The van der Waals surface area contributed by atoms with Crippen LogP contribution in [0.4, 0.5) is 5.69 Å². The fraction of sp³-hybridized carbons (Fsp3) is 0.400. The van der Waals surface area contributed by atoms with E-state index in [-0.39, 0.29) is 11.2 Å². The molecule has 0 atom stereocenters. The van der Waals surface area contributed by atoms with Gasteiger partial charge >= 0.3 is 0 Å². The van der Waals surface area contributed by atoms with Crippen molar-refractivity contribution in [2.75, 3.05) is 0 Å². The summed E-state index contributed by atoms with van der Waals surface area (Å²) in [6, 6.07) is 6.70. The Morgan fingerprint density at radius 3 is 2.67 bits per heavy atom. The van der Waals surface area contributed by atoms with Gasteiger partial charge in [0.15, 0.2) is 0 Å². The molecule has 0 radical (unpaired) electrons. The highest BCUT2D eigenvalue weighted by Crippen LogP contribution is 2.20. The van der Waals surface area contributed by atoms with E-state index in [9.17, 15) is 10.1 Å². The first kappa shape index (κ1) is 15.2. The zero-order chi connectivity index (χ0) is 15.6. The molecule has 0 saturated heterocycles. The van der Waals surface area contributed by atoms with E-state index in [2.05, 4.69) is 31.2 Å². The predicted octanol–water partition coefficient (Wildman–Crippen LogP) is 2.98. The molecule has 0 fully saturated rings. The molecule has 2 rings (SSSR count). The minimum atomic E-state index is -0.394. The lowest BCUT2D eigenvalue weighted by molar-refractivity contribution is -0.384. The van der Waals surface area contributed by atoms with E-state index in [1.54, 1.807) is 16.8 Å². The molecular formula is C15H20N4O2. The number of rotatable bonds is 4. The molecule has 112 valence electrons. The summed E-state index contributed by atoms with van der Waals surface area (Å²) in [5.41, 5.74) is 2.66. The Morgan fingerprint density at radius 1 is 1.33 bits per heavy atom. The summed E-state index contributed by atoms with van der Waals surface area (Å²) in [7, 11) is 0. The van der Waals surface area contributed by atoms with Gasteiger partial charge in [0.1, 0.15) is 0 Å². The number of nitro groups is 1. The average molecular weight is 288 g/mol. The van der Waals surface area contributed by atoms with E-state index >= 15 is 0 Å². The summed E-state index contributed by atoms with van der Waals surface area (Å²) >= 11 is 0. The molecule has 2 aromatic rings. The smallest absolute Gasteiger partial charge is 0.271 e. The second-order valence-corrected chi connectivity index (χ2v) is 6.08. The Balaban J connectivity index is 2.25. The highest BCUT2D eigenvalue weighted by Gasteiger charge is 2.13. The van der Waals surface area contributed by atoms with Crippen molar-refractivity contribution in [3.05, 3.63) is 51.8 Å². The van der Waals surface area contributed by atoms with Crippen LogP contribution in [0, 0.1) is 17.0 Å². The molecule has 1 heterocycles. The Labute approximate surface area is 123 Å². The maximum absolute atomic E-state index is 10.9. The molecular weight excluding hydrogens is 268 g/mol. The molecule has 1 aromatic heterocycles. The molecule has 0 amide bonds. The van der Waals surface area contributed by atoms with Gasteiger partial charge in [-0.25, -0.2) is 4.68 Å². The van der Waals surface area contributed by atoms with E-state index in [4.69, 9.17) is 0 Å². The number of nitrogens with one attached hydrogen (secondary N) is 1. The van der Waals surface area contributed by atoms with Gasteiger partial charge in [0.25, 0.3) is 5.69 Å². The Morgan fingerprint density at radius 2 is 2.05 bits per heavy atom. The third-order valence-corrected chi connectivity index (χ3v) is 3.09. The normalized spacial score (nSPS) is 11.6. The number of non-ortho nitro benzene ring substituents is 1. The second-order valence-electron chi connectivity index (χ2n) is 6.08. The second kappa shape index (κ2) is 5.65. The van der Waals surface area contributed by atoms with Crippen molar-refractivity contribution in [1.82, 2.24) is 15.1 Å². The largest absolute Gasteiger partial charge is 0.306 e. The monoisotopic (exact) mass is 288 g/mol. The Kier molecular flexibility index (Phi) is 4.09. The van der Waals surface area contributed by atoms with Gasteiger partial charge in [-0.1, -0.05) is 6.07 Å². The number of nitro benzene ring substituents is 1. The first-order chi connectivity index (χ1) is 9.76. The minimum Gasteiger partial charge on any atom is -0.306 e. The van der Waals surface area contributed by atoms with Crippen molar-refractivity contribution < 1.29 is 4.92 Å². The van der Waals surface area contributed by atoms with E-state index < -0.39 is 4.92 Å². The van der Waals surface area contributed by atoms with Crippen LogP contribution in [0.1, 0.15) is 32.0 Å². The zero-order valence-corrected chi connectivity index (χ0v) is 12.8. The summed E-state index contributed by atoms with van der Waals surface area (Å²) in [6.07, 6.45) is 1.83. The lowest BCUT2D eigenvalue weighted by Crippen LogP contribution is -2.35. The molecule has 6 heteroatoms. The average Bonchev–Trinajstić information content (AvgIpc) is 2.84. The number of aryl methyl sites for hydroxylation is 1. The van der Waals surface area contributed by atoms with Crippen molar-refractivity contribution in [2.24, 2.45) is 0 Å². The highest BCUT2D eigenvalue weighted by molar-refractivity contribution is 5.48. The number of aromatic nitrogens is 2. The maximum Gasteiger partial charge on any atom is 0.271 e. The van der Waals surface area contributed by atoms with E-state index in [1.807, 2.05) is 19.2 Å². The number of hydrogen-bond acceptors (Lipinski definition) is 4. The van der Waals surface area contributed by atoms with Gasteiger partial charge < -0.3 is 5.32 Å². The van der Waals surface area contributed by atoms with E-state index in [1.165, 1.54) is 6.07 Å². The van der Waals surface area contributed by atoms with Gasteiger partial charge in [-0.15, -0.1) is 0 Å². The lowest BCUT2D eigenvalue weighted by Gasteiger charge is -2.19. The molecule has 21 heavy (non-hydrogen) atoms. The van der Waals surface area contributed by atoms with Crippen molar-refractivity contribution in [3.63, 3.8) is 0 Å². The van der Waals surface area contributed by atoms with Gasteiger partial charge in [0, 0.05) is 30.4 Å². The van der Waals surface area contributed by atoms with Crippen molar-refractivity contribution in [3.8, 4) is 5.69 Å². The molecule has 0 saturated carbocycles. The van der Waals surface area contributed by atoms with Crippen LogP contribution in [-0.2, 0) is 6.54 Å². The predicted molar refractivity (Wildman–Crippen MR) is 81.5 cm³/mol. The molecule has 1 N–H and O–H groups in total. The van der Waals surface area contributed by atoms with Crippen LogP contribution >= 0.6 is 0 Å². The van der Waals surface area contributed by atoms with Crippen LogP contribution in [0.5, 0.6) is 0 Å². The van der Waals surface area contributed by atoms with Crippen LogP contribution < -0.4 is 5.32 Å². The fourth-order valence-electron chi connectivity index (χ4n) is 1.90. The molecule has 0 aliphatic carbocycles. The van der Waals surface area contributed by atoms with Gasteiger partial charge in [0.2, 0.25) is 0 Å². The third kappa shape index (κ3) is 3.88. The Hall–Kier alpha value is -2.21. The van der Waals surface area contributed by atoms with Gasteiger partial charge in [-0.05, 0) is 39.3 Å². The van der Waals surface area contributed by atoms with Crippen molar-refractivity contribution in [1.29, 1.82) is 0 Å². The van der Waals surface area contributed by atoms with Crippen molar-refractivity contribution >= 4 is 5.69 Å². The van der Waals surface area contributed by atoms with Crippen LogP contribution in [0.3, 0.4) is 0 Å². The van der Waals surface area contributed by atoms with Gasteiger partial charge in [0.05, 0.1) is 16.3 Å². The minimum absolute atomic E-state index is 0.0191. The highest BCUT2D eigenvalue weighted by atomic mass is 16.6. The van der Waals surface area contributed by atoms with Crippen LogP contribution in [0.25, 0.3) is 5.69 Å². The molecule has 0 bridgehead atoms. The maximum atomic E-state index is 10.9. The van der Waals surface area contributed by atoms with Gasteiger partial charge in [-0.3, -0.25) is 10.1 Å². The van der Waals surface area contributed by atoms with E-state index in [0.29, 0.717) is 6.54 Å². The summed E-state index contributed by atoms with van der Waals surface area (Å²) < 4.78 is 1.68. The van der Waals surface area contributed by atoms with Crippen LogP contribution in [0.15, 0.2) is 30.5 Å². The molecule has 0 unspecified atom stereocenters. The third-order valence-electron chi connectivity index (χ3n) is 3.09. The number of nitrogens with zero attached hydrogens (tertiary/aromatic N) is 3. The van der Waals surface area contributed by atoms with Crippen LogP contribution in [0.2, 0.25) is 0 Å². The summed E-state index contributed by atoms with van der Waals surface area (Å²) in [5, 5.41) is 18.7. The first-order valence-corrected chi connectivity index (χ1v) is 6.81. The molecule has 0 aliphatic rings. The van der Waals surface area contributed by atoms with Crippen LogP contribution in [-0.4, -0.2) is 20.2 Å².